The molecular formula is C74H54N4. The van der Waals surface area contributed by atoms with Crippen LogP contribution in [0.5, 0.6) is 0 Å². The molecule has 370 valence electrons. The molecule has 0 bridgehead atoms. The van der Waals surface area contributed by atoms with E-state index in [4.69, 9.17) is 0 Å². The van der Waals surface area contributed by atoms with Gasteiger partial charge < -0.3 is 19.6 Å². The van der Waals surface area contributed by atoms with Crippen molar-refractivity contribution in [2.75, 3.05) is 19.6 Å². The molecule has 0 saturated heterocycles. The molecule has 0 aromatic heterocycles. The average Bonchev–Trinajstić information content (AvgIpc) is 3.52. The fourth-order valence-electron chi connectivity index (χ4n) is 10.7. The number of rotatable bonds is 14. The molecule has 0 atom stereocenters. The Labute approximate surface area is 456 Å². The smallest absolute Gasteiger partial charge is 0.0468 e. The third-order valence-electron chi connectivity index (χ3n) is 14.6. The van der Waals surface area contributed by atoms with E-state index in [1.54, 1.807) is 0 Å². The SMILES string of the molecule is c1ccc(N(c2ccccc2)c2ccc(N(c3ccc(-c4ccc(-c5ccc(N(c6ccc(N(c7ccccc7)c7ccccc7)cc6)c6ccc7ccccc7c6)cc5)cc4)cc3)c3ccc4ccccc4c3)cc2)cc1. The normalized spacial score (nSPS) is 11.1. The third kappa shape index (κ3) is 9.74. The van der Waals surface area contributed by atoms with Crippen LogP contribution in [-0.4, -0.2) is 0 Å². The molecule has 78 heavy (non-hydrogen) atoms. The van der Waals surface area contributed by atoms with E-state index in [0.717, 1.165) is 90.5 Å². The Hall–Kier alpha value is -10.4. The first-order chi connectivity index (χ1) is 38.7. The van der Waals surface area contributed by atoms with Crippen molar-refractivity contribution in [1.29, 1.82) is 0 Å². The van der Waals surface area contributed by atoms with Gasteiger partial charge in [0, 0.05) is 68.2 Å². The molecule has 4 heteroatoms. The molecule has 0 saturated carbocycles. The summed E-state index contributed by atoms with van der Waals surface area (Å²) in [6, 6.07) is 117. The van der Waals surface area contributed by atoms with Gasteiger partial charge in [-0.25, -0.2) is 0 Å². The van der Waals surface area contributed by atoms with E-state index in [-0.39, 0.29) is 0 Å². The Morgan fingerprint density at radius 1 is 0.128 bits per heavy atom. The van der Waals surface area contributed by atoms with Gasteiger partial charge in [-0.3, -0.25) is 0 Å². The van der Waals surface area contributed by atoms with Crippen LogP contribution in [-0.2, 0) is 0 Å². The van der Waals surface area contributed by atoms with Crippen LogP contribution in [0.3, 0.4) is 0 Å². The summed E-state index contributed by atoms with van der Waals surface area (Å²) in [6.07, 6.45) is 0. The van der Waals surface area contributed by atoms with Crippen LogP contribution in [0.15, 0.2) is 328 Å². The zero-order chi connectivity index (χ0) is 52.0. The monoisotopic (exact) mass is 998 g/mol. The van der Waals surface area contributed by atoms with Crippen LogP contribution in [0.4, 0.5) is 68.2 Å². The maximum Gasteiger partial charge on any atom is 0.0468 e. The topological polar surface area (TPSA) is 13.0 Å². The van der Waals surface area contributed by atoms with Gasteiger partial charge in [0.2, 0.25) is 0 Å². The molecule has 4 nitrogen and oxygen atoms in total. The van der Waals surface area contributed by atoms with Gasteiger partial charge in [0.1, 0.15) is 0 Å². The number of hydrogen-bond donors (Lipinski definition) is 0. The number of hydrogen-bond acceptors (Lipinski definition) is 4. The van der Waals surface area contributed by atoms with Gasteiger partial charge in [-0.15, -0.1) is 0 Å². The van der Waals surface area contributed by atoms with E-state index in [1.807, 2.05) is 0 Å². The van der Waals surface area contributed by atoms with Gasteiger partial charge in [0.15, 0.2) is 0 Å². The van der Waals surface area contributed by atoms with Gasteiger partial charge in [-0.05, 0) is 189 Å². The van der Waals surface area contributed by atoms with Crippen LogP contribution in [0.2, 0.25) is 0 Å². The van der Waals surface area contributed by atoms with Crippen molar-refractivity contribution < 1.29 is 0 Å². The van der Waals surface area contributed by atoms with E-state index >= 15 is 0 Å². The Morgan fingerprint density at radius 3 is 0.577 bits per heavy atom. The number of nitrogens with zero attached hydrogens (tertiary/aromatic N) is 4. The van der Waals surface area contributed by atoms with E-state index in [2.05, 4.69) is 347 Å². The Bertz CT molecular complexity index is 3740. The highest BCUT2D eigenvalue weighted by Gasteiger charge is 2.19. The summed E-state index contributed by atoms with van der Waals surface area (Å²) in [5.74, 6) is 0. The zero-order valence-electron chi connectivity index (χ0n) is 43.0. The van der Waals surface area contributed by atoms with Crippen LogP contribution < -0.4 is 19.6 Å². The summed E-state index contributed by atoms with van der Waals surface area (Å²) in [4.78, 5) is 9.30. The molecule has 0 spiro atoms. The Balaban J connectivity index is 0.784. The van der Waals surface area contributed by atoms with E-state index < -0.39 is 0 Å². The van der Waals surface area contributed by atoms with Gasteiger partial charge in [-0.2, -0.15) is 0 Å². The number of para-hydroxylation sites is 4. The van der Waals surface area contributed by atoms with Crippen molar-refractivity contribution in [1.82, 2.24) is 0 Å². The van der Waals surface area contributed by atoms with E-state index in [9.17, 15) is 0 Å². The maximum atomic E-state index is 2.35. The predicted octanol–water partition coefficient (Wildman–Crippen LogP) is 21.2. The van der Waals surface area contributed by atoms with Crippen molar-refractivity contribution in [3.63, 3.8) is 0 Å². The lowest BCUT2D eigenvalue weighted by Crippen LogP contribution is -2.12. The largest absolute Gasteiger partial charge is 0.311 e. The molecule has 0 N–H and O–H groups in total. The zero-order valence-corrected chi connectivity index (χ0v) is 43.0. The first kappa shape index (κ1) is 47.3. The summed E-state index contributed by atoms with van der Waals surface area (Å²) in [5.41, 5.74) is 17.7. The Morgan fingerprint density at radius 2 is 0.308 bits per heavy atom. The highest BCUT2D eigenvalue weighted by Crippen LogP contribution is 2.43. The molecule has 0 aliphatic rings. The molecule has 0 fully saturated rings. The van der Waals surface area contributed by atoms with Crippen molar-refractivity contribution >= 4 is 89.8 Å². The van der Waals surface area contributed by atoms with Crippen molar-refractivity contribution in [3.8, 4) is 22.3 Å². The summed E-state index contributed by atoms with van der Waals surface area (Å²) >= 11 is 0. The molecule has 0 aliphatic heterocycles. The minimum Gasteiger partial charge on any atom is -0.311 e. The van der Waals surface area contributed by atoms with Crippen molar-refractivity contribution in [3.05, 3.63) is 328 Å². The minimum atomic E-state index is 1.07. The second kappa shape index (κ2) is 21.4. The van der Waals surface area contributed by atoms with Crippen LogP contribution in [0, 0.1) is 0 Å². The molecule has 0 radical (unpaired) electrons. The van der Waals surface area contributed by atoms with Crippen LogP contribution in [0.1, 0.15) is 0 Å². The maximum absolute atomic E-state index is 2.35. The molecule has 13 aromatic carbocycles. The summed E-state index contributed by atoms with van der Waals surface area (Å²) in [5, 5.41) is 4.83. The number of fused-ring (bicyclic) bond motifs is 2. The van der Waals surface area contributed by atoms with Gasteiger partial charge in [0.25, 0.3) is 0 Å². The van der Waals surface area contributed by atoms with E-state index in [1.165, 1.54) is 21.5 Å². The molecule has 0 amide bonds. The summed E-state index contributed by atoms with van der Waals surface area (Å²) < 4.78 is 0. The molecule has 0 aliphatic carbocycles. The molecule has 13 aromatic rings. The minimum absolute atomic E-state index is 1.07. The molecule has 0 heterocycles. The highest BCUT2D eigenvalue weighted by molar-refractivity contribution is 5.92. The lowest BCUT2D eigenvalue weighted by molar-refractivity contribution is 1.26. The quantitative estimate of drug-likeness (QED) is 0.108. The third-order valence-corrected chi connectivity index (χ3v) is 14.6. The summed E-state index contributed by atoms with van der Waals surface area (Å²) in [6.45, 7) is 0. The first-order valence-electron chi connectivity index (χ1n) is 26.6. The second-order valence-electron chi connectivity index (χ2n) is 19.5. The van der Waals surface area contributed by atoms with Crippen LogP contribution in [0.25, 0.3) is 43.8 Å². The predicted molar refractivity (Wildman–Crippen MR) is 331 cm³/mol. The highest BCUT2D eigenvalue weighted by atomic mass is 15.2. The lowest BCUT2D eigenvalue weighted by Gasteiger charge is -2.28. The van der Waals surface area contributed by atoms with Gasteiger partial charge in [0.05, 0.1) is 0 Å². The first-order valence-corrected chi connectivity index (χ1v) is 26.6. The van der Waals surface area contributed by atoms with E-state index in [0.29, 0.717) is 0 Å². The van der Waals surface area contributed by atoms with Crippen molar-refractivity contribution in [2.24, 2.45) is 0 Å². The Kier molecular flexibility index (Phi) is 13.0. The number of anilines is 12. The fraction of sp³-hybridized carbons (Fsp3) is 0. The van der Waals surface area contributed by atoms with Crippen LogP contribution >= 0.6 is 0 Å². The second-order valence-corrected chi connectivity index (χ2v) is 19.5. The summed E-state index contributed by atoms with van der Waals surface area (Å²) in [7, 11) is 0. The molecular weight excluding hydrogens is 945 g/mol. The lowest BCUT2D eigenvalue weighted by atomic mass is 9.99. The fourth-order valence-corrected chi connectivity index (χ4v) is 10.7. The molecule has 0 unspecified atom stereocenters. The van der Waals surface area contributed by atoms with Crippen molar-refractivity contribution in [2.45, 2.75) is 0 Å². The van der Waals surface area contributed by atoms with Gasteiger partial charge >= 0.3 is 0 Å². The molecule has 13 rings (SSSR count). The average molecular weight is 999 g/mol. The standard InChI is InChI=1S/C74H54N4/c1-5-21-63(22-6-1)75(64-23-7-2-8-24-64)69-45-49-71(50-46-69)77(73-43-37-55-17-13-15-19-61(55)53-73)67-39-33-59(34-40-67)57-29-31-58(32-30-57)60-35-41-68(42-36-60)78(74-44-38-56-18-14-16-20-62(56)54-74)72-51-47-70(48-52-72)76(65-25-9-3-10-26-65)66-27-11-4-12-28-66/h1-54H. The van der Waals surface area contributed by atoms with Gasteiger partial charge in [-0.1, -0.05) is 182 Å². The number of benzene rings is 13.